The van der Waals surface area contributed by atoms with E-state index in [0.717, 1.165) is 12.1 Å². The maximum atomic E-state index is 13.0. The Morgan fingerprint density at radius 2 is 1.86 bits per heavy atom. The van der Waals surface area contributed by atoms with Crippen LogP contribution in [0.5, 0.6) is 0 Å². The summed E-state index contributed by atoms with van der Waals surface area (Å²) in [6, 6.07) is 7.51. The lowest BCUT2D eigenvalue weighted by atomic mass is 10.1. The number of hydrogen-bond donors (Lipinski definition) is 1. The maximum Gasteiger partial charge on any atom is 0.416 e. The summed E-state index contributed by atoms with van der Waals surface area (Å²) in [6.45, 7) is 0. The van der Waals surface area contributed by atoms with E-state index in [2.05, 4.69) is 4.98 Å². The number of hydrogen-bond acceptors (Lipinski definition) is 3. The second-order valence-electron chi connectivity index (χ2n) is 4.88. The zero-order valence-electron chi connectivity index (χ0n) is 11.8. The van der Waals surface area contributed by atoms with Crippen molar-refractivity contribution in [2.45, 2.75) is 6.18 Å². The van der Waals surface area contributed by atoms with Gasteiger partial charge in [0, 0.05) is 19.7 Å². The van der Waals surface area contributed by atoms with Gasteiger partial charge in [-0.05, 0) is 24.3 Å². The maximum absolute atomic E-state index is 13.0. The van der Waals surface area contributed by atoms with Gasteiger partial charge in [0.25, 0.3) is 0 Å². The first-order valence-corrected chi connectivity index (χ1v) is 6.29. The molecule has 0 spiro atoms. The number of anilines is 1. The summed E-state index contributed by atoms with van der Waals surface area (Å²) in [5, 5.41) is 8.97. The molecule has 0 aliphatic carbocycles. The van der Waals surface area contributed by atoms with Crippen molar-refractivity contribution in [1.29, 1.82) is 0 Å². The molecule has 0 fully saturated rings. The Kier molecular flexibility index (Phi) is 4.07. The Hall–Kier alpha value is -2.57. The number of benzene rings is 1. The summed E-state index contributed by atoms with van der Waals surface area (Å²) >= 11 is 0. The summed E-state index contributed by atoms with van der Waals surface area (Å²) in [5.74, 6) is -1.01. The Bertz CT molecular complexity index is 712. The predicted molar refractivity (Wildman–Crippen MR) is 76.0 cm³/mol. The minimum Gasteiger partial charge on any atom is -0.478 e. The van der Waals surface area contributed by atoms with E-state index in [1.165, 1.54) is 29.2 Å². The Morgan fingerprint density at radius 3 is 2.41 bits per heavy atom. The number of carbonyl (C=O) groups is 1. The predicted octanol–water partition coefficient (Wildman–Crippen LogP) is 3.53. The number of pyridine rings is 1. The number of halogens is 3. The first-order chi connectivity index (χ1) is 10.2. The summed E-state index contributed by atoms with van der Waals surface area (Å²) in [4.78, 5) is 16.6. The van der Waals surface area contributed by atoms with Gasteiger partial charge in [-0.2, -0.15) is 13.2 Å². The zero-order valence-corrected chi connectivity index (χ0v) is 11.8. The minimum absolute atomic E-state index is 0.0110. The van der Waals surface area contributed by atoms with E-state index in [-0.39, 0.29) is 17.1 Å². The van der Waals surface area contributed by atoms with Crippen LogP contribution in [-0.4, -0.2) is 30.2 Å². The van der Waals surface area contributed by atoms with E-state index < -0.39 is 17.7 Å². The Morgan fingerprint density at radius 1 is 1.18 bits per heavy atom. The van der Waals surface area contributed by atoms with Crippen molar-refractivity contribution in [3.8, 4) is 11.3 Å². The smallest absolute Gasteiger partial charge is 0.416 e. The third-order valence-electron chi connectivity index (χ3n) is 3.00. The van der Waals surface area contributed by atoms with Gasteiger partial charge in [-0.3, -0.25) is 0 Å². The highest BCUT2D eigenvalue weighted by molar-refractivity contribution is 5.89. The van der Waals surface area contributed by atoms with Crippen LogP contribution in [0.3, 0.4) is 0 Å². The Balaban J connectivity index is 2.62. The molecule has 0 bridgehead atoms. The quantitative estimate of drug-likeness (QED) is 0.942. The van der Waals surface area contributed by atoms with E-state index in [4.69, 9.17) is 5.11 Å². The number of rotatable bonds is 3. The lowest BCUT2D eigenvalue weighted by Crippen LogP contribution is -2.14. The van der Waals surface area contributed by atoms with Gasteiger partial charge in [0.2, 0.25) is 0 Å². The molecule has 0 radical (unpaired) electrons. The van der Waals surface area contributed by atoms with Gasteiger partial charge < -0.3 is 10.0 Å². The standard InChI is InChI=1S/C15H13F3N2O2/c1-20(2)13-8-11(15(16,17)18)7-12(19-13)9-4-3-5-10(6-9)14(21)22/h3-8H,1-2H3,(H,21,22). The SMILES string of the molecule is CN(C)c1cc(C(F)(F)F)cc(-c2cccc(C(=O)O)c2)n1. The first kappa shape index (κ1) is 15.8. The van der Waals surface area contributed by atoms with Crippen LogP contribution in [0.2, 0.25) is 0 Å². The van der Waals surface area contributed by atoms with Crippen molar-refractivity contribution in [2.24, 2.45) is 0 Å². The average Bonchev–Trinajstić information content (AvgIpc) is 2.46. The first-order valence-electron chi connectivity index (χ1n) is 6.29. The molecule has 2 aromatic rings. The van der Waals surface area contributed by atoms with Gasteiger partial charge in [0.05, 0.1) is 16.8 Å². The third-order valence-corrected chi connectivity index (χ3v) is 3.00. The van der Waals surface area contributed by atoms with Gasteiger partial charge >= 0.3 is 12.1 Å². The van der Waals surface area contributed by atoms with E-state index >= 15 is 0 Å². The van der Waals surface area contributed by atoms with Crippen molar-refractivity contribution in [3.05, 3.63) is 47.5 Å². The fraction of sp³-hybridized carbons (Fsp3) is 0.200. The van der Waals surface area contributed by atoms with Gasteiger partial charge in [0.1, 0.15) is 5.82 Å². The highest BCUT2D eigenvalue weighted by Crippen LogP contribution is 2.34. The summed E-state index contributed by atoms with van der Waals surface area (Å²) < 4.78 is 39.0. The van der Waals surface area contributed by atoms with Crippen LogP contribution in [0.4, 0.5) is 19.0 Å². The van der Waals surface area contributed by atoms with Crippen molar-refractivity contribution >= 4 is 11.8 Å². The van der Waals surface area contributed by atoms with Crippen molar-refractivity contribution in [1.82, 2.24) is 4.98 Å². The largest absolute Gasteiger partial charge is 0.478 e. The van der Waals surface area contributed by atoms with Crippen molar-refractivity contribution in [2.75, 3.05) is 19.0 Å². The summed E-state index contributed by atoms with van der Waals surface area (Å²) in [6.07, 6.45) is -4.51. The number of carboxylic acid groups (broad SMARTS) is 1. The molecule has 22 heavy (non-hydrogen) atoms. The number of alkyl halides is 3. The van der Waals surface area contributed by atoms with E-state index in [0.29, 0.717) is 5.56 Å². The van der Waals surface area contributed by atoms with Crippen molar-refractivity contribution in [3.63, 3.8) is 0 Å². The normalized spacial score (nSPS) is 11.3. The topological polar surface area (TPSA) is 53.4 Å². The lowest BCUT2D eigenvalue weighted by molar-refractivity contribution is -0.137. The second-order valence-corrected chi connectivity index (χ2v) is 4.88. The fourth-order valence-electron chi connectivity index (χ4n) is 1.87. The zero-order chi connectivity index (χ0) is 16.5. The van der Waals surface area contributed by atoms with Crippen LogP contribution in [0.25, 0.3) is 11.3 Å². The molecular weight excluding hydrogens is 297 g/mol. The molecule has 0 saturated carbocycles. The number of nitrogens with zero attached hydrogens (tertiary/aromatic N) is 2. The second kappa shape index (κ2) is 5.67. The fourth-order valence-corrected chi connectivity index (χ4v) is 1.87. The van der Waals surface area contributed by atoms with Gasteiger partial charge in [0.15, 0.2) is 0 Å². The van der Waals surface area contributed by atoms with Crippen LogP contribution in [0.1, 0.15) is 15.9 Å². The van der Waals surface area contributed by atoms with Gasteiger partial charge in [-0.25, -0.2) is 9.78 Å². The van der Waals surface area contributed by atoms with Gasteiger partial charge in [-0.15, -0.1) is 0 Å². The molecule has 0 aliphatic heterocycles. The third kappa shape index (κ3) is 3.36. The van der Waals surface area contributed by atoms with Crippen LogP contribution in [0, 0.1) is 0 Å². The molecule has 2 rings (SSSR count). The highest BCUT2D eigenvalue weighted by Gasteiger charge is 2.32. The van der Waals surface area contributed by atoms with Crippen LogP contribution >= 0.6 is 0 Å². The Labute approximate surface area is 124 Å². The molecule has 1 aromatic carbocycles. The van der Waals surface area contributed by atoms with E-state index in [1.54, 1.807) is 14.1 Å². The summed E-state index contributed by atoms with van der Waals surface area (Å²) in [5.41, 5.74) is -0.458. The molecule has 1 aromatic heterocycles. The molecule has 0 atom stereocenters. The molecule has 1 heterocycles. The average molecular weight is 310 g/mol. The number of aromatic nitrogens is 1. The van der Waals surface area contributed by atoms with E-state index in [1.807, 2.05) is 0 Å². The molecule has 0 saturated heterocycles. The van der Waals surface area contributed by atoms with Crippen LogP contribution in [-0.2, 0) is 6.18 Å². The highest BCUT2D eigenvalue weighted by atomic mass is 19.4. The molecule has 0 aliphatic rings. The van der Waals surface area contributed by atoms with Crippen molar-refractivity contribution < 1.29 is 23.1 Å². The van der Waals surface area contributed by atoms with Gasteiger partial charge in [-0.1, -0.05) is 12.1 Å². The van der Waals surface area contributed by atoms with Crippen LogP contribution in [0.15, 0.2) is 36.4 Å². The lowest BCUT2D eigenvalue weighted by Gasteiger charge is -2.16. The van der Waals surface area contributed by atoms with Crippen LogP contribution < -0.4 is 4.90 Å². The molecule has 116 valence electrons. The number of aromatic carboxylic acids is 1. The molecule has 4 nitrogen and oxygen atoms in total. The monoisotopic (exact) mass is 310 g/mol. The molecule has 0 amide bonds. The summed E-state index contributed by atoms with van der Waals surface area (Å²) in [7, 11) is 3.17. The molecule has 0 unspecified atom stereocenters. The molecular formula is C15H13F3N2O2. The molecule has 7 heteroatoms. The molecule has 1 N–H and O–H groups in total. The number of carboxylic acids is 1. The van der Waals surface area contributed by atoms with E-state index in [9.17, 15) is 18.0 Å². The minimum atomic E-state index is -4.51.